The highest BCUT2D eigenvalue weighted by atomic mass is 32.2. The van der Waals surface area contributed by atoms with E-state index in [1.807, 2.05) is 11.8 Å². The maximum absolute atomic E-state index is 11.6. The standard InChI is InChI=1S/C15H21NOS/c1-12-5-7-13(8-6-12)11-18-10-9-16-15(17)14-3-2-4-14/h5-8,14H,2-4,9-11H2,1H3,(H,16,17). The Balaban J connectivity index is 1.55. The number of carbonyl (C=O) groups is 1. The molecule has 0 spiro atoms. The highest BCUT2D eigenvalue weighted by Gasteiger charge is 2.24. The number of hydrogen-bond acceptors (Lipinski definition) is 2. The summed E-state index contributed by atoms with van der Waals surface area (Å²) >= 11 is 1.88. The van der Waals surface area contributed by atoms with Crippen molar-refractivity contribution in [1.29, 1.82) is 0 Å². The number of nitrogens with one attached hydrogen (secondary N) is 1. The predicted octanol–water partition coefficient (Wildman–Crippen LogP) is 3.14. The molecule has 0 radical (unpaired) electrons. The maximum Gasteiger partial charge on any atom is 0.223 e. The van der Waals surface area contributed by atoms with Crippen LogP contribution >= 0.6 is 11.8 Å². The average molecular weight is 263 g/mol. The third kappa shape index (κ3) is 4.05. The molecule has 1 fully saturated rings. The summed E-state index contributed by atoms with van der Waals surface area (Å²) in [7, 11) is 0. The van der Waals surface area contributed by atoms with Gasteiger partial charge in [0.2, 0.25) is 5.91 Å². The molecule has 0 unspecified atom stereocenters. The van der Waals surface area contributed by atoms with E-state index in [4.69, 9.17) is 0 Å². The Hall–Kier alpha value is -0.960. The molecule has 0 atom stereocenters. The number of hydrogen-bond donors (Lipinski definition) is 1. The van der Waals surface area contributed by atoms with Crippen molar-refractivity contribution in [3.63, 3.8) is 0 Å². The first kappa shape index (κ1) is 13.5. The van der Waals surface area contributed by atoms with E-state index < -0.39 is 0 Å². The van der Waals surface area contributed by atoms with Crippen LogP contribution in [0.1, 0.15) is 30.4 Å². The third-order valence-corrected chi connectivity index (χ3v) is 4.44. The zero-order chi connectivity index (χ0) is 12.8. The summed E-state index contributed by atoms with van der Waals surface area (Å²) in [4.78, 5) is 11.6. The molecule has 0 aromatic heterocycles. The molecule has 98 valence electrons. The fourth-order valence-corrected chi connectivity index (χ4v) is 2.75. The fourth-order valence-electron chi connectivity index (χ4n) is 1.94. The molecule has 3 heteroatoms. The van der Waals surface area contributed by atoms with Gasteiger partial charge in [0.1, 0.15) is 0 Å². The van der Waals surface area contributed by atoms with Gasteiger partial charge in [0, 0.05) is 24.0 Å². The minimum atomic E-state index is 0.261. The number of thioether (sulfide) groups is 1. The van der Waals surface area contributed by atoms with Gasteiger partial charge in [-0.15, -0.1) is 0 Å². The van der Waals surface area contributed by atoms with Crippen LogP contribution in [0.15, 0.2) is 24.3 Å². The first-order valence-electron chi connectivity index (χ1n) is 6.67. The molecule has 1 amide bonds. The number of rotatable bonds is 6. The van der Waals surface area contributed by atoms with Crippen molar-refractivity contribution in [1.82, 2.24) is 5.32 Å². The normalized spacial score (nSPS) is 15.2. The lowest BCUT2D eigenvalue weighted by atomic mass is 9.85. The molecule has 1 aliphatic carbocycles. The van der Waals surface area contributed by atoms with E-state index in [1.54, 1.807) is 0 Å². The lowest BCUT2D eigenvalue weighted by molar-refractivity contribution is -0.127. The van der Waals surface area contributed by atoms with Gasteiger partial charge in [0.25, 0.3) is 0 Å². The average Bonchev–Trinajstić information content (AvgIpc) is 2.29. The van der Waals surface area contributed by atoms with Crippen molar-refractivity contribution in [2.75, 3.05) is 12.3 Å². The summed E-state index contributed by atoms with van der Waals surface area (Å²) in [5.41, 5.74) is 2.66. The van der Waals surface area contributed by atoms with Crippen molar-refractivity contribution in [3.8, 4) is 0 Å². The maximum atomic E-state index is 11.6. The van der Waals surface area contributed by atoms with E-state index in [0.29, 0.717) is 5.92 Å². The number of benzene rings is 1. The Kier molecular flexibility index (Phi) is 5.12. The van der Waals surface area contributed by atoms with Crippen LogP contribution in [0.25, 0.3) is 0 Å². The van der Waals surface area contributed by atoms with Crippen LogP contribution in [0.3, 0.4) is 0 Å². The molecule has 0 bridgehead atoms. The molecule has 2 nitrogen and oxygen atoms in total. The molecule has 1 aromatic rings. The SMILES string of the molecule is Cc1ccc(CSCCNC(=O)C2CCC2)cc1. The Labute approximate surface area is 114 Å². The molecule has 1 aliphatic rings. The fraction of sp³-hybridized carbons (Fsp3) is 0.533. The number of amides is 1. The van der Waals surface area contributed by atoms with Crippen LogP contribution in [0.5, 0.6) is 0 Å². The second kappa shape index (κ2) is 6.83. The van der Waals surface area contributed by atoms with E-state index in [0.717, 1.165) is 30.9 Å². The molecule has 0 saturated heterocycles. The molecule has 1 N–H and O–H groups in total. The van der Waals surface area contributed by atoms with Crippen LogP contribution in [0.2, 0.25) is 0 Å². The second-order valence-electron chi connectivity index (χ2n) is 4.96. The monoisotopic (exact) mass is 263 g/mol. The molecule has 0 aliphatic heterocycles. The molecule has 0 heterocycles. The molecule has 1 aromatic carbocycles. The van der Waals surface area contributed by atoms with E-state index >= 15 is 0 Å². The van der Waals surface area contributed by atoms with Gasteiger partial charge in [-0.3, -0.25) is 4.79 Å². The van der Waals surface area contributed by atoms with Gasteiger partial charge in [0.05, 0.1) is 0 Å². The minimum Gasteiger partial charge on any atom is -0.355 e. The smallest absolute Gasteiger partial charge is 0.223 e. The van der Waals surface area contributed by atoms with Gasteiger partial charge in [-0.2, -0.15) is 11.8 Å². The van der Waals surface area contributed by atoms with Gasteiger partial charge in [0.15, 0.2) is 0 Å². The van der Waals surface area contributed by atoms with Crippen molar-refractivity contribution in [2.45, 2.75) is 31.9 Å². The van der Waals surface area contributed by atoms with E-state index in [2.05, 4.69) is 36.5 Å². The summed E-state index contributed by atoms with van der Waals surface area (Å²) in [5, 5.41) is 3.02. The quantitative estimate of drug-likeness (QED) is 0.799. The van der Waals surface area contributed by atoms with Crippen LogP contribution in [0, 0.1) is 12.8 Å². The van der Waals surface area contributed by atoms with E-state index in [-0.39, 0.29) is 5.91 Å². The highest BCUT2D eigenvalue weighted by molar-refractivity contribution is 7.98. The van der Waals surface area contributed by atoms with Crippen LogP contribution < -0.4 is 5.32 Å². The van der Waals surface area contributed by atoms with Crippen molar-refractivity contribution < 1.29 is 4.79 Å². The first-order chi connectivity index (χ1) is 8.75. The van der Waals surface area contributed by atoms with Crippen molar-refractivity contribution in [2.24, 2.45) is 5.92 Å². The number of aryl methyl sites for hydroxylation is 1. The first-order valence-corrected chi connectivity index (χ1v) is 7.82. The molecule has 2 rings (SSSR count). The highest BCUT2D eigenvalue weighted by Crippen LogP contribution is 2.26. The molecule has 18 heavy (non-hydrogen) atoms. The Morgan fingerprint density at radius 3 is 2.67 bits per heavy atom. The zero-order valence-corrected chi connectivity index (χ0v) is 11.8. The summed E-state index contributed by atoms with van der Waals surface area (Å²) < 4.78 is 0. The predicted molar refractivity (Wildman–Crippen MR) is 77.7 cm³/mol. The summed E-state index contributed by atoms with van der Waals surface area (Å²) in [6, 6.07) is 8.65. The van der Waals surface area contributed by atoms with Crippen LogP contribution in [-0.2, 0) is 10.5 Å². The lowest BCUT2D eigenvalue weighted by Gasteiger charge is -2.23. The van der Waals surface area contributed by atoms with Crippen LogP contribution in [-0.4, -0.2) is 18.2 Å². The van der Waals surface area contributed by atoms with Gasteiger partial charge in [-0.1, -0.05) is 36.2 Å². The van der Waals surface area contributed by atoms with E-state index in [9.17, 15) is 4.79 Å². The lowest BCUT2D eigenvalue weighted by Crippen LogP contribution is -2.35. The summed E-state index contributed by atoms with van der Waals surface area (Å²) in [5.74, 6) is 2.59. The second-order valence-corrected chi connectivity index (χ2v) is 6.06. The van der Waals surface area contributed by atoms with Gasteiger partial charge < -0.3 is 5.32 Å². The Morgan fingerprint density at radius 1 is 1.33 bits per heavy atom. The summed E-state index contributed by atoms with van der Waals surface area (Å²) in [6.07, 6.45) is 3.39. The third-order valence-electron chi connectivity index (χ3n) is 3.41. The van der Waals surface area contributed by atoms with Crippen LogP contribution in [0.4, 0.5) is 0 Å². The Morgan fingerprint density at radius 2 is 2.06 bits per heavy atom. The molecule has 1 saturated carbocycles. The molecular formula is C15H21NOS. The van der Waals surface area contributed by atoms with Gasteiger partial charge >= 0.3 is 0 Å². The van der Waals surface area contributed by atoms with Gasteiger partial charge in [-0.25, -0.2) is 0 Å². The number of carbonyl (C=O) groups excluding carboxylic acids is 1. The summed E-state index contributed by atoms with van der Waals surface area (Å²) in [6.45, 7) is 2.90. The van der Waals surface area contributed by atoms with E-state index in [1.165, 1.54) is 17.5 Å². The van der Waals surface area contributed by atoms with Gasteiger partial charge in [-0.05, 0) is 25.3 Å². The zero-order valence-electron chi connectivity index (χ0n) is 10.9. The molecular weight excluding hydrogens is 242 g/mol. The minimum absolute atomic E-state index is 0.261. The van der Waals surface area contributed by atoms with Crippen molar-refractivity contribution in [3.05, 3.63) is 35.4 Å². The van der Waals surface area contributed by atoms with Crippen molar-refractivity contribution >= 4 is 17.7 Å². The largest absolute Gasteiger partial charge is 0.355 e. The Bertz CT molecular complexity index is 384. The topological polar surface area (TPSA) is 29.1 Å².